The number of rotatable bonds is 9. The van der Waals surface area contributed by atoms with E-state index in [0.29, 0.717) is 18.9 Å². The van der Waals surface area contributed by atoms with Gasteiger partial charge in [0.05, 0.1) is 12.1 Å². The van der Waals surface area contributed by atoms with Crippen molar-refractivity contribution in [3.05, 3.63) is 0 Å². The molecule has 0 radical (unpaired) electrons. The van der Waals surface area contributed by atoms with Gasteiger partial charge in [-0.15, -0.1) is 0 Å². The number of carbonyl (C=O) groups excluding carboxylic acids is 1. The molecule has 0 spiro atoms. The minimum atomic E-state index is -1.05. The number of nitrogens with one attached hydrogen (secondary N) is 1. The van der Waals surface area contributed by atoms with Gasteiger partial charge >= 0.3 is 6.09 Å². The standard InChI is InChI=1S/C19H33NO5/c1-2-15(21)13-17(25-18-10-6-7-11-24-18)16(20-19(22)23)12-14-8-4-3-5-9-14/h14,16-18,20H,2-13H2,1H3,(H,22,23). The predicted octanol–water partition coefficient (Wildman–Crippen LogP) is 3.87. The molecule has 6 nitrogen and oxygen atoms in total. The first-order valence-corrected chi connectivity index (χ1v) is 9.86. The Hall–Kier alpha value is -1.14. The molecule has 1 aliphatic heterocycles. The van der Waals surface area contributed by atoms with Crippen molar-refractivity contribution in [3.63, 3.8) is 0 Å². The lowest BCUT2D eigenvalue weighted by molar-refractivity contribution is -0.195. The molecule has 144 valence electrons. The van der Waals surface area contributed by atoms with Crippen molar-refractivity contribution in [3.8, 4) is 0 Å². The second-order valence-electron chi connectivity index (χ2n) is 7.36. The van der Waals surface area contributed by atoms with Gasteiger partial charge < -0.3 is 19.9 Å². The van der Waals surface area contributed by atoms with Gasteiger partial charge in [-0.2, -0.15) is 0 Å². The Kier molecular flexibility index (Phi) is 8.68. The van der Waals surface area contributed by atoms with Crippen LogP contribution in [0, 0.1) is 5.92 Å². The van der Waals surface area contributed by atoms with Gasteiger partial charge in [-0.1, -0.05) is 39.0 Å². The lowest BCUT2D eigenvalue weighted by atomic mass is 9.83. The van der Waals surface area contributed by atoms with E-state index < -0.39 is 12.2 Å². The number of hydrogen-bond donors (Lipinski definition) is 2. The van der Waals surface area contributed by atoms with Crippen molar-refractivity contribution in [1.29, 1.82) is 0 Å². The lowest BCUT2D eigenvalue weighted by Gasteiger charge is -2.34. The Morgan fingerprint density at radius 3 is 2.48 bits per heavy atom. The van der Waals surface area contributed by atoms with E-state index >= 15 is 0 Å². The zero-order valence-corrected chi connectivity index (χ0v) is 15.4. The largest absolute Gasteiger partial charge is 0.465 e. The first-order chi connectivity index (χ1) is 12.1. The van der Waals surface area contributed by atoms with E-state index in [4.69, 9.17) is 9.47 Å². The fourth-order valence-electron chi connectivity index (χ4n) is 3.91. The number of hydrogen-bond acceptors (Lipinski definition) is 4. The van der Waals surface area contributed by atoms with Crippen molar-refractivity contribution in [2.24, 2.45) is 5.92 Å². The van der Waals surface area contributed by atoms with Crippen LogP contribution >= 0.6 is 0 Å². The van der Waals surface area contributed by atoms with Gasteiger partial charge in [-0.3, -0.25) is 4.79 Å². The van der Waals surface area contributed by atoms with Crippen LogP contribution in [-0.4, -0.2) is 42.0 Å². The topological polar surface area (TPSA) is 84.9 Å². The molecule has 2 fully saturated rings. The highest BCUT2D eigenvalue weighted by atomic mass is 16.7. The summed E-state index contributed by atoms with van der Waals surface area (Å²) in [6.07, 6.45) is 8.39. The lowest BCUT2D eigenvalue weighted by Crippen LogP contribution is -2.48. The molecule has 0 aromatic carbocycles. The first-order valence-electron chi connectivity index (χ1n) is 9.86. The van der Waals surface area contributed by atoms with E-state index in [2.05, 4.69) is 5.32 Å². The minimum absolute atomic E-state index is 0.0987. The van der Waals surface area contributed by atoms with E-state index in [-0.39, 0.29) is 24.5 Å². The van der Waals surface area contributed by atoms with Crippen LogP contribution in [0.3, 0.4) is 0 Å². The van der Waals surface area contributed by atoms with E-state index in [9.17, 15) is 14.7 Å². The zero-order valence-electron chi connectivity index (χ0n) is 15.4. The van der Waals surface area contributed by atoms with Crippen molar-refractivity contribution < 1.29 is 24.2 Å². The Morgan fingerprint density at radius 2 is 1.88 bits per heavy atom. The highest BCUT2D eigenvalue weighted by Gasteiger charge is 2.32. The first kappa shape index (κ1) is 20.2. The molecule has 3 atom stereocenters. The molecule has 0 aromatic rings. The normalized spacial score (nSPS) is 24.4. The van der Waals surface area contributed by atoms with Crippen LogP contribution in [0.2, 0.25) is 0 Å². The van der Waals surface area contributed by atoms with Crippen LogP contribution in [0.4, 0.5) is 4.79 Å². The molecule has 6 heteroatoms. The molecule has 25 heavy (non-hydrogen) atoms. The van der Waals surface area contributed by atoms with Crippen LogP contribution in [0.1, 0.15) is 77.6 Å². The van der Waals surface area contributed by atoms with Gasteiger partial charge in [0.15, 0.2) is 6.29 Å². The van der Waals surface area contributed by atoms with Crippen LogP contribution in [-0.2, 0) is 14.3 Å². The third kappa shape index (κ3) is 7.32. The fourth-order valence-corrected chi connectivity index (χ4v) is 3.91. The summed E-state index contributed by atoms with van der Waals surface area (Å²) in [5.41, 5.74) is 0. The molecule has 1 aliphatic carbocycles. The van der Waals surface area contributed by atoms with Gasteiger partial charge in [0.25, 0.3) is 0 Å². The van der Waals surface area contributed by atoms with Gasteiger partial charge in [0.1, 0.15) is 5.78 Å². The summed E-state index contributed by atoms with van der Waals surface area (Å²) >= 11 is 0. The van der Waals surface area contributed by atoms with Crippen molar-refractivity contribution in [1.82, 2.24) is 5.32 Å². The zero-order chi connectivity index (χ0) is 18.1. The van der Waals surface area contributed by atoms with Crippen LogP contribution in [0.25, 0.3) is 0 Å². The Bertz CT molecular complexity index is 416. The number of ether oxygens (including phenoxy) is 2. The van der Waals surface area contributed by atoms with Gasteiger partial charge in [-0.05, 0) is 31.6 Å². The molecular formula is C19H33NO5. The maximum atomic E-state index is 12.1. The molecule has 1 heterocycles. The third-order valence-corrected chi connectivity index (χ3v) is 5.36. The molecular weight excluding hydrogens is 322 g/mol. The summed E-state index contributed by atoms with van der Waals surface area (Å²) in [4.78, 5) is 23.4. The fraction of sp³-hybridized carbons (Fsp3) is 0.895. The molecule has 2 N–H and O–H groups in total. The molecule has 1 saturated heterocycles. The summed E-state index contributed by atoms with van der Waals surface area (Å²) in [5.74, 6) is 0.599. The summed E-state index contributed by atoms with van der Waals surface area (Å²) in [6, 6.07) is -0.360. The number of ketones is 1. The molecule has 3 unspecified atom stereocenters. The second kappa shape index (κ2) is 10.8. The Balaban J connectivity index is 2.04. The van der Waals surface area contributed by atoms with Crippen LogP contribution < -0.4 is 5.32 Å². The average molecular weight is 355 g/mol. The second-order valence-corrected chi connectivity index (χ2v) is 7.36. The number of carbonyl (C=O) groups is 2. The number of carboxylic acid groups (broad SMARTS) is 1. The summed E-state index contributed by atoms with van der Waals surface area (Å²) in [7, 11) is 0. The number of Topliss-reactive ketones (excluding diaryl/α,β-unsaturated/α-hetero) is 1. The predicted molar refractivity (Wildman–Crippen MR) is 94.5 cm³/mol. The maximum Gasteiger partial charge on any atom is 0.404 e. The van der Waals surface area contributed by atoms with Gasteiger partial charge in [0, 0.05) is 19.4 Å². The quantitative estimate of drug-likeness (QED) is 0.656. The molecule has 0 aromatic heterocycles. The van der Waals surface area contributed by atoms with Crippen LogP contribution in [0.15, 0.2) is 0 Å². The third-order valence-electron chi connectivity index (χ3n) is 5.36. The van der Waals surface area contributed by atoms with Crippen molar-refractivity contribution >= 4 is 11.9 Å². The minimum Gasteiger partial charge on any atom is -0.465 e. The smallest absolute Gasteiger partial charge is 0.404 e. The average Bonchev–Trinajstić information content (AvgIpc) is 2.62. The Labute approximate surface area is 150 Å². The summed E-state index contributed by atoms with van der Waals surface area (Å²) in [5, 5.41) is 11.9. The van der Waals surface area contributed by atoms with Gasteiger partial charge in [-0.25, -0.2) is 4.79 Å². The summed E-state index contributed by atoms with van der Waals surface area (Å²) in [6.45, 7) is 2.50. The maximum absolute atomic E-state index is 12.1. The van der Waals surface area contributed by atoms with Crippen molar-refractivity contribution in [2.75, 3.05) is 6.61 Å². The van der Waals surface area contributed by atoms with Gasteiger partial charge in [0.2, 0.25) is 0 Å². The molecule has 1 amide bonds. The molecule has 0 bridgehead atoms. The molecule has 1 saturated carbocycles. The van der Waals surface area contributed by atoms with E-state index in [0.717, 1.165) is 38.5 Å². The monoisotopic (exact) mass is 355 g/mol. The van der Waals surface area contributed by atoms with E-state index in [1.165, 1.54) is 19.3 Å². The Morgan fingerprint density at radius 1 is 1.16 bits per heavy atom. The van der Waals surface area contributed by atoms with Crippen molar-refractivity contribution in [2.45, 2.75) is 96.0 Å². The van der Waals surface area contributed by atoms with E-state index in [1.807, 2.05) is 6.92 Å². The number of amides is 1. The van der Waals surface area contributed by atoms with Crippen LogP contribution in [0.5, 0.6) is 0 Å². The molecule has 2 aliphatic rings. The molecule has 2 rings (SSSR count). The highest BCUT2D eigenvalue weighted by Crippen LogP contribution is 2.30. The highest BCUT2D eigenvalue weighted by molar-refractivity contribution is 5.78. The van der Waals surface area contributed by atoms with E-state index in [1.54, 1.807) is 0 Å². The SMILES string of the molecule is CCC(=O)CC(OC1CCCCO1)C(CC1CCCCC1)NC(=O)O. The summed E-state index contributed by atoms with van der Waals surface area (Å²) < 4.78 is 11.8.